The van der Waals surface area contributed by atoms with Crippen LogP contribution < -0.4 is 10.5 Å². The van der Waals surface area contributed by atoms with E-state index >= 15 is 0 Å². The van der Waals surface area contributed by atoms with Gasteiger partial charge in [0.1, 0.15) is 11.3 Å². The molecule has 236 valence electrons. The van der Waals surface area contributed by atoms with Crippen LogP contribution in [-0.4, -0.2) is 74.6 Å². The van der Waals surface area contributed by atoms with Crippen LogP contribution in [0.4, 0.5) is 0 Å². The fourth-order valence-corrected chi connectivity index (χ4v) is 8.52. The lowest BCUT2D eigenvalue weighted by Crippen LogP contribution is -2.58. The fourth-order valence-electron chi connectivity index (χ4n) is 8.52. The van der Waals surface area contributed by atoms with Crippen molar-refractivity contribution in [3.05, 3.63) is 47.5 Å². The topological polar surface area (TPSA) is 98.6 Å². The van der Waals surface area contributed by atoms with Gasteiger partial charge in [-0.15, -0.1) is 0 Å². The zero-order valence-corrected chi connectivity index (χ0v) is 26.7. The summed E-state index contributed by atoms with van der Waals surface area (Å²) in [5, 5.41) is 1.20. The van der Waals surface area contributed by atoms with Gasteiger partial charge in [0.15, 0.2) is 5.82 Å². The molecule has 3 saturated heterocycles. The van der Waals surface area contributed by atoms with Gasteiger partial charge in [0.2, 0.25) is 5.91 Å². The third-order valence-corrected chi connectivity index (χ3v) is 11.2. The number of likely N-dealkylation sites (tertiary alicyclic amines) is 1. The Bertz CT molecular complexity index is 1820. The number of hydrogen-bond acceptors (Lipinski definition) is 5. The Morgan fingerprint density at radius 1 is 1.04 bits per heavy atom. The Balaban J connectivity index is 1.23. The lowest BCUT2D eigenvalue weighted by Gasteiger charge is -2.48. The van der Waals surface area contributed by atoms with Gasteiger partial charge in [-0.2, -0.15) is 0 Å². The first-order valence-electron chi connectivity index (χ1n) is 16.8. The van der Waals surface area contributed by atoms with Gasteiger partial charge in [-0.05, 0) is 80.5 Å². The maximum Gasteiger partial charge on any atom is 0.254 e. The number of fused-ring (bicyclic) bond motifs is 5. The van der Waals surface area contributed by atoms with E-state index in [0.717, 1.165) is 80.8 Å². The van der Waals surface area contributed by atoms with E-state index < -0.39 is 0 Å². The molecule has 0 spiro atoms. The standard InChI is InChI=1S/C36H44N6O3/c1-21(43)40-13-5-7-24(19-40)28-8-4-6-23-15-31(42(33(23)28)18-22-9-10-22)35-38-30-14-26(16-32(45-3)34(30)39(35)2)36(44)41-20-25-11-12-27(41)17-29(25)37/h4,6,8,14-16,22,24-25,27,29H,5,7,9-13,17-20,37H2,1-3H3/t24?,25-,27-,29+/m1/s1. The molecular formula is C36H44N6O3. The zero-order valence-electron chi connectivity index (χ0n) is 26.7. The number of methoxy groups -OCH3 is 1. The molecule has 9 heteroatoms. The van der Waals surface area contributed by atoms with Gasteiger partial charge in [0, 0.05) is 69.1 Å². The van der Waals surface area contributed by atoms with Crippen molar-refractivity contribution >= 4 is 33.8 Å². The number of nitrogens with two attached hydrogens (primary N) is 1. The number of carbonyl (C=O) groups is 2. The van der Waals surface area contributed by atoms with Gasteiger partial charge >= 0.3 is 0 Å². The van der Waals surface area contributed by atoms with E-state index in [1.165, 1.54) is 29.3 Å². The molecule has 2 aromatic carbocycles. The van der Waals surface area contributed by atoms with Crippen LogP contribution in [-0.2, 0) is 18.4 Å². The zero-order chi connectivity index (χ0) is 31.0. The highest BCUT2D eigenvalue weighted by Crippen LogP contribution is 2.42. The van der Waals surface area contributed by atoms with Crippen LogP contribution in [0.15, 0.2) is 36.4 Å². The molecular weight excluding hydrogens is 564 g/mol. The molecule has 9 nitrogen and oxygen atoms in total. The summed E-state index contributed by atoms with van der Waals surface area (Å²) in [5.74, 6) is 3.08. The number of amides is 2. The van der Waals surface area contributed by atoms with E-state index in [4.69, 9.17) is 15.5 Å². The number of ether oxygens (including phenoxy) is 1. The summed E-state index contributed by atoms with van der Waals surface area (Å²) in [4.78, 5) is 35.4. The molecule has 45 heavy (non-hydrogen) atoms. The Morgan fingerprint density at radius 2 is 1.89 bits per heavy atom. The number of rotatable bonds is 6. The average molecular weight is 609 g/mol. The molecule has 5 aliphatic rings. The molecule has 2 amide bonds. The SMILES string of the molecule is COc1cc(C(=O)N2C[C@H]3CC[C@@H]2C[C@@H]3N)cc2nc(-c3cc4cccc(C5CCCN(C(C)=O)C5)c4n3CC3CC3)n(C)c12. The molecule has 4 aromatic rings. The number of benzene rings is 2. The quantitative estimate of drug-likeness (QED) is 0.321. The van der Waals surface area contributed by atoms with Crippen molar-refractivity contribution in [2.45, 2.75) is 76.4 Å². The molecule has 5 heterocycles. The summed E-state index contributed by atoms with van der Waals surface area (Å²) < 4.78 is 10.5. The minimum Gasteiger partial charge on any atom is -0.494 e. The number of imidazole rings is 1. The number of piperidine rings is 3. The normalized spacial score (nSPS) is 25.0. The highest BCUT2D eigenvalue weighted by Gasteiger charge is 2.41. The van der Waals surface area contributed by atoms with Crippen LogP contribution in [0.1, 0.15) is 73.7 Å². The van der Waals surface area contributed by atoms with Crippen molar-refractivity contribution < 1.29 is 14.3 Å². The van der Waals surface area contributed by atoms with Gasteiger partial charge < -0.3 is 29.4 Å². The van der Waals surface area contributed by atoms with Crippen molar-refractivity contribution in [3.63, 3.8) is 0 Å². The minimum atomic E-state index is 0.0450. The third kappa shape index (κ3) is 4.82. The second kappa shape index (κ2) is 10.9. The number of nitrogens with zero attached hydrogens (tertiary/aromatic N) is 5. The van der Waals surface area contributed by atoms with E-state index in [9.17, 15) is 9.59 Å². The van der Waals surface area contributed by atoms with Crippen LogP contribution in [0.25, 0.3) is 33.5 Å². The highest BCUT2D eigenvalue weighted by atomic mass is 16.5. The van der Waals surface area contributed by atoms with Crippen LogP contribution in [0.5, 0.6) is 5.75 Å². The summed E-state index contributed by atoms with van der Waals surface area (Å²) in [6, 6.07) is 13.1. The van der Waals surface area contributed by atoms with Crippen molar-refractivity contribution in [2.24, 2.45) is 24.6 Å². The average Bonchev–Trinajstić information content (AvgIpc) is 3.72. The summed E-state index contributed by atoms with van der Waals surface area (Å²) >= 11 is 0. The maximum atomic E-state index is 13.9. The van der Waals surface area contributed by atoms with Crippen molar-refractivity contribution in [1.29, 1.82) is 0 Å². The number of aromatic nitrogens is 3. The molecule has 2 N–H and O–H groups in total. The smallest absolute Gasteiger partial charge is 0.254 e. The predicted molar refractivity (Wildman–Crippen MR) is 175 cm³/mol. The molecule has 3 aliphatic heterocycles. The lowest BCUT2D eigenvalue weighted by atomic mass is 9.76. The lowest BCUT2D eigenvalue weighted by molar-refractivity contribution is -0.130. The van der Waals surface area contributed by atoms with E-state index in [2.05, 4.69) is 33.4 Å². The van der Waals surface area contributed by atoms with Crippen molar-refractivity contribution in [2.75, 3.05) is 26.7 Å². The summed E-state index contributed by atoms with van der Waals surface area (Å²) in [6.45, 7) is 4.97. The molecule has 1 unspecified atom stereocenters. The molecule has 5 fully saturated rings. The number of carbonyl (C=O) groups excluding carboxylic acids is 2. The molecule has 0 radical (unpaired) electrons. The van der Waals surface area contributed by atoms with E-state index in [1.54, 1.807) is 14.0 Å². The fraction of sp³-hybridized carbons (Fsp3) is 0.528. The van der Waals surface area contributed by atoms with E-state index in [0.29, 0.717) is 29.1 Å². The third-order valence-electron chi connectivity index (χ3n) is 11.2. The summed E-state index contributed by atoms with van der Waals surface area (Å²) in [7, 11) is 3.72. The van der Waals surface area contributed by atoms with Crippen LogP contribution in [0, 0.1) is 11.8 Å². The van der Waals surface area contributed by atoms with Gasteiger partial charge in [0.05, 0.1) is 23.8 Å². The highest BCUT2D eigenvalue weighted by molar-refractivity contribution is 6.00. The Hall–Kier alpha value is -3.85. The minimum absolute atomic E-state index is 0.0450. The largest absolute Gasteiger partial charge is 0.494 e. The number of aryl methyl sites for hydroxylation is 1. The summed E-state index contributed by atoms with van der Waals surface area (Å²) in [5.41, 5.74) is 12.3. The first kappa shape index (κ1) is 28.6. The Morgan fingerprint density at radius 3 is 2.60 bits per heavy atom. The molecule has 4 atom stereocenters. The second-order valence-electron chi connectivity index (χ2n) is 14.1. The van der Waals surface area contributed by atoms with Gasteiger partial charge in [-0.1, -0.05) is 18.2 Å². The van der Waals surface area contributed by atoms with Gasteiger partial charge in [-0.25, -0.2) is 4.98 Å². The van der Waals surface area contributed by atoms with Crippen molar-refractivity contribution in [3.8, 4) is 17.3 Å². The molecule has 2 aromatic heterocycles. The monoisotopic (exact) mass is 608 g/mol. The van der Waals surface area contributed by atoms with Crippen LogP contribution in [0.3, 0.4) is 0 Å². The first-order chi connectivity index (χ1) is 21.8. The molecule has 2 aliphatic carbocycles. The van der Waals surface area contributed by atoms with Gasteiger partial charge in [-0.3, -0.25) is 9.59 Å². The Kier molecular flexibility index (Phi) is 6.93. The first-order valence-corrected chi connectivity index (χ1v) is 16.8. The van der Waals surface area contributed by atoms with Crippen molar-refractivity contribution in [1.82, 2.24) is 23.9 Å². The maximum absolute atomic E-state index is 13.9. The van der Waals surface area contributed by atoms with Crippen LogP contribution in [0.2, 0.25) is 0 Å². The molecule has 2 saturated carbocycles. The van der Waals surface area contributed by atoms with E-state index in [-0.39, 0.29) is 23.9 Å². The molecule has 2 bridgehead atoms. The Labute approximate surface area is 264 Å². The summed E-state index contributed by atoms with van der Waals surface area (Å²) in [6.07, 6.45) is 7.60. The predicted octanol–water partition coefficient (Wildman–Crippen LogP) is 5.29. The molecule has 9 rings (SSSR count). The number of para-hydroxylation sites is 1. The van der Waals surface area contributed by atoms with E-state index in [1.807, 2.05) is 29.0 Å². The van der Waals surface area contributed by atoms with Gasteiger partial charge in [0.25, 0.3) is 5.91 Å². The number of hydrogen-bond donors (Lipinski definition) is 1. The van der Waals surface area contributed by atoms with Crippen LogP contribution >= 0.6 is 0 Å². The second-order valence-corrected chi connectivity index (χ2v) is 14.1.